The summed E-state index contributed by atoms with van der Waals surface area (Å²) in [4.78, 5) is 10.6. The monoisotopic (exact) mass is 209 g/mol. The zero-order valence-electron chi connectivity index (χ0n) is 7.73. The van der Waals surface area contributed by atoms with Crippen molar-refractivity contribution in [2.45, 2.75) is 30.8 Å². The summed E-state index contributed by atoms with van der Waals surface area (Å²) in [6.07, 6.45) is -0.0319. The Morgan fingerprint density at radius 2 is 1.92 bits per heavy atom. The summed E-state index contributed by atoms with van der Waals surface area (Å²) in [6, 6.07) is 0. The van der Waals surface area contributed by atoms with Gasteiger partial charge in [-0.2, -0.15) is 0 Å². The zero-order valence-corrected chi connectivity index (χ0v) is 8.54. The van der Waals surface area contributed by atoms with Gasteiger partial charge >= 0.3 is 5.97 Å². The fraction of sp³-hybridized carbons (Fsp3) is 0.857. The third-order valence-electron chi connectivity index (χ3n) is 1.76. The molecule has 0 amide bonds. The van der Waals surface area contributed by atoms with E-state index < -0.39 is 26.3 Å². The van der Waals surface area contributed by atoms with Crippen LogP contribution in [0.4, 0.5) is 0 Å². The van der Waals surface area contributed by atoms with Crippen LogP contribution in [-0.4, -0.2) is 36.5 Å². The normalized spacial score (nSPS) is 14.5. The summed E-state index contributed by atoms with van der Waals surface area (Å²) in [5, 5.41) is 6.61. The number of carboxylic acids is 1. The highest BCUT2D eigenvalue weighted by Crippen LogP contribution is 2.12. The molecule has 6 heteroatoms. The van der Waals surface area contributed by atoms with Gasteiger partial charge in [0.05, 0.1) is 5.25 Å². The molecule has 0 rings (SSSR count). The number of sulfone groups is 1. The second-order valence-corrected chi connectivity index (χ2v) is 5.73. The Bertz CT molecular complexity index is 270. The van der Waals surface area contributed by atoms with E-state index in [-0.39, 0.29) is 13.0 Å². The minimum atomic E-state index is -3.58. The van der Waals surface area contributed by atoms with Crippen molar-refractivity contribution in [3.05, 3.63) is 0 Å². The van der Waals surface area contributed by atoms with Crippen LogP contribution in [0.3, 0.4) is 0 Å². The number of aliphatic carboxylic acids is 1. The molecule has 13 heavy (non-hydrogen) atoms. The Labute approximate surface area is 77.8 Å². The van der Waals surface area contributed by atoms with Gasteiger partial charge in [0, 0.05) is 0 Å². The fourth-order valence-corrected chi connectivity index (χ4v) is 2.31. The van der Waals surface area contributed by atoms with Gasteiger partial charge < -0.3 is 10.8 Å². The van der Waals surface area contributed by atoms with E-state index in [1.165, 1.54) is 13.8 Å². The Hall–Kier alpha value is -0.620. The SMILES string of the molecule is CC(C)S(=O)(=O)C(CCN)C(=O)O. The second kappa shape index (κ2) is 4.57. The molecule has 0 bridgehead atoms. The van der Waals surface area contributed by atoms with E-state index in [0.717, 1.165) is 0 Å². The summed E-state index contributed by atoms with van der Waals surface area (Å²) < 4.78 is 22.9. The summed E-state index contributed by atoms with van der Waals surface area (Å²) in [5.74, 6) is -1.32. The third-order valence-corrected chi connectivity index (χ3v) is 4.30. The molecule has 0 aromatic carbocycles. The molecular weight excluding hydrogens is 194 g/mol. The lowest BCUT2D eigenvalue weighted by molar-refractivity contribution is -0.136. The maximum Gasteiger partial charge on any atom is 0.321 e. The van der Waals surface area contributed by atoms with Gasteiger partial charge in [-0.1, -0.05) is 0 Å². The number of rotatable bonds is 5. The number of carbonyl (C=O) groups is 1. The number of carboxylic acid groups (broad SMARTS) is 1. The highest BCUT2D eigenvalue weighted by atomic mass is 32.2. The van der Waals surface area contributed by atoms with Crippen LogP contribution < -0.4 is 5.73 Å². The smallest absolute Gasteiger partial charge is 0.321 e. The predicted molar refractivity (Wildman–Crippen MR) is 49.2 cm³/mol. The lowest BCUT2D eigenvalue weighted by atomic mass is 10.3. The molecule has 0 fully saturated rings. The van der Waals surface area contributed by atoms with Crippen molar-refractivity contribution < 1.29 is 18.3 Å². The molecule has 0 saturated heterocycles. The average Bonchev–Trinajstić information content (AvgIpc) is 1.98. The van der Waals surface area contributed by atoms with Crippen molar-refractivity contribution in [2.24, 2.45) is 5.73 Å². The highest BCUT2D eigenvalue weighted by Gasteiger charge is 2.33. The van der Waals surface area contributed by atoms with E-state index in [0.29, 0.717) is 0 Å². The van der Waals surface area contributed by atoms with Gasteiger partial charge in [0.2, 0.25) is 0 Å². The van der Waals surface area contributed by atoms with Crippen LogP contribution in [0.1, 0.15) is 20.3 Å². The quantitative estimate of drug-likeness (QED) is 0.642. The van der Waals surface area contributed by atoms with Gasteiger partial charge in [0.15, 0.2) is 15.1 Å². The standard InChI is InChI=1S/C7H15NO4S/c1-5(2)13(11,12)6(3-4-8)7(9)10/h5-6H,3-4,8H2,1-2H3,(H,9,10). The Morgan fingerprint density at radius 3 is 2.15 bits per heavy atom. The van der Waals surface area contributed by atoms with Crippen molar-refractivity contribution in [3.8, 4) is 0 Å². The molecule has 5 nitrogen and oxygen atoms in total. The van der Waals surface area contributed by atoms with Crippen LogP contribution in [0.2, 0.25) is 0 Å². The number of hydrogen-bond acceptors (Lipinski definition) is 4. The predicted octanol–water partition coefficient (Wildman–Crippen LogP) is -0.388. The molecule has 1 unspecified atom stereocenters. The lowest BCUT2D eigenvalue weighted by Crippen LogP contribution is -2.36. The molecule has 0 saturated carbocycles. The first-order chi connectivity index (χ1) is 5.84. The Kier molecular flexibility index (Phi) is 4.35. The first kappa shape index (κ1) is 12.4. The lowest BCUT2D eigenvalue weighted by Gasteiger charge is -2.14. The Morgan fingerprint density at radius 1 is 1.46 bits per heavy atom. The Balaban J connectivity index is 4.85. The number of hydrogen-bond donors (Lipinski definition) is 2. The van der Waals surface area contributed by atoms with Crippen LogP contribution in [0.25, 0.3) is 0 Å². The maximum atomic E-state index is 11.4. The van der Waals surface area contributed by atoms with E-state index >= 15 is 0 Å². The van der Waals surface area contributed by atoms with Gasteiger partial charge in [0.1, 0.15) is 0 Å². The van der Waals surface area contributed by atoms with E-state index in [2.05, 4.69) is 0 Å². The summed E-state index contributed by atoms with van der Waals surface area (Å²) >= 11 is 0. The zero-order chi connectivity index (χ0) is 10.6. The molecule has 3 N–H and O–H groups in total. The van der Waals surface area contributed by atoms with E-state index in [1.54, 1.807) is 0 Å². The maximum absolute atomic E-state index is 11.4. The van der Waals surface area contributed by atoms with Gasteiger partial charge in [-0.3, -0.25) is 4.79 Å². The van der Waals surface area contributed by atoms with Crippen molar-refractivity contribution >= 4 is 15.8 Å². The molecule has 0 aromatic heterocycles. The molecule has 0 aromatic rings. The van der Waals surface area contributed by atoms with Crippen molar-refractivity contribution in [1.29, 1.82) is 0 Å². The van der Waals surface area contributed by atoms with Crippen molar-refractivity contribution in [3.63, 3.8) is 0 Å². The van der Waals surface area contributed by atoms with E-state index in [9.17, 15) is 13.2 Å². The van der Waals surface area contributed by atoms with E-state index in [1.807, 2.05) is 0 Å². The first-order valence-corrected chi connectivity index (χ1v) is 5.60. The van der Waals surface area contributed by atoms with Crippen molar-refractivity contribution in [1.82, 2.24) is 0 Å². The van der Waals surface area contributed by atoms with E-state index in [4.69, 9.17) is 10.8 Å². The molecule has 0 aliphatic carbocycles. The van der Waals surface area contributed by atoms with Gasteiger partial charge in [0.25, 0.3) is 0 Å². The van der Waals surface area contributed by atoms with Crippen LogP contribution in [0, 0.1) is 0 Å². The molecular formula is C7H15NO4S. The summed E-state index contributed by atoms with van der Waals surface area (Å²) in [6.45, 7) is 2.98. The minimum absolute atomic E-state index is 0.0319. The van der Waals surface area contributed by atoms with Crippen LogP contribution in [0.5, 0.6) is 0 Å². The molecule has 0 aliphatic heterocycles. The molecule has 0 aliphatic rings. The molecule has 78 valence electrons. The summed E-state index contributed by atoms with van der Waals surface area (Å²) in [5.41, 5.74) is 5.14. The first-order valence-electron chi connectivity index (χ1n) is 3.99. The third kappa shape index (κ3) is 2.96. The average molecular weight is 209 g/mol. The minimum Gasteiger partial charge on any atom is -0.480 e. The van der Waals surface area contributed by atoms with Gasteiger partial charge in [-0.05, 0) is 26.8 Å². The second-order valence-electron chi connectivity index (χ2n) is 3.04. The molecule has 0 heterocycles. The van der Waals surface area contributed by atoms with Crippen LogP contribution in [0.15, 0.2) is 0 Å². The van der Waals surface area contributed by atoms with Crippen molar-refractivity contribution in [2.75, 3.05) is 6.54 Å². The van der Waals surface area contributed by atoms with Crippen LogP contribution >= 0.6 is 0 Å². The highest BCUT2D eigenvalue weighted by molar-refractivity contribution is 7.93. The largest absolute Gasteiger partial charge is 0.480 e. The molecule has 0 spiro atoms. The molecule has 0 radical (unpaired) electrons. The van der Waals surface area contributed by atoms with Gasteiger partial charge in [-0.15, -0.1) is 0 Å². The summed E-state index contributed by atoms with van der Waals surface area (Å²) in [7, 11) is -3.58. The number of nitrogens with two attached hydrogens (primary N) is 1. The topological polar surface area (TPSA) is 97.5 Å². The van der Waals surface area contributed by atoms with Crippen LogP contribution in [-0.2, 0) is 14.6 Å². The van der Waals surface area contributed by atoms with Gasteiger partial charge in [-0.25, -0.2) is 8.42 Å². The molecule has 1 atom stereocenters. The fourth-order valence-electron chi connectivity index (χ4n) is 0.908.